The monoisotopic (exact) mass is 264 g/mol. The van der Waals surface area contributed by atoms with Crippen LogP contribution in [0.5, 0.6) is 0 Å². The van der Waals surface area contributed by atoms with E-state index in [9.17, 15) is 0 Å². The van der Waals surface area contributed by atoms with Gasteiger partial charge in [-0.25, -0.2) is 0 Å². The van der Waals surface area contributed by atoms with Gasteiger partial charge in [-0.15, -0.1) is 13.2 Å². The Labute approximate surface area is 122 Å². The molecule has 0 aliphatic rings. The summed E-state index contributed by atoms with van der Waals surface area (Å²) in [7, 11) is 0. The first-order valence-electron chi connectivity index (χ1n) is 7.83. The smallest absolute Gasteiger partial charge is 0.0326 e. The largest absolute Gasteiger partial charge is 0.100 e. The molecule has 0 rings (SSSR count). The Morgan fingerprint density at radius 2 is 1.05 bits per heavy atom. The summed E-state index contributed by atoms with van der Waals surface area (Å²) in [5.74, 6) is 0. The van der Waals surface area contributed by atoms with E-state index in [1.807, 2.05) is 0 Å². The second-order valence-electron chi connectivity index (χ2n) is 8.13. The molecule has 0 N–H and O–H groups in total. The van der Waals surface area contributed by atoms with Crippen molar-refractivity contribution in [2.45, 2.75) is 86.5 Å². The zero-order chi connectivity index (χ0) is 15.1. The van der Waals surface area contributed by atoms with Gasteiger partial charge in [0.15, 0.2) is 0 Å². The van der Waals surface area contributed by atoms with Crippen LogP contribution in [-0.4, -0.2) is 0 Å². The van der Waals surface area contributed by atoms with Gasteiger partial charge in [0, 0.05) is 0 Å². The Morgan fingerprint density at radius 1 is 0.737 bits per heavy atom. The van der Waals surface area contributed by atoms with Crippen molar-refractivity contribution < 1.29 is 0 Å². The summed E-state index contributed by atoms with van der Waals surface area (Å²) in [5.41, 5.74) is 3.53. The SMILES string of the molecule is C=C(C)CCCC(C)(C)CC(C)(C)CCCC(=C)C. The minimum Gasteiger partial charge on any atom is -0.100 e. The lowest BCUT2D eigenvalue weighted by atomic mass is 9.70. The van der Waals surface area contributed by atoms with E-state index in [4.69, 9.17) is 0 Å². The molecule has 0 nitrogen and oxygen atoms in total. The van der Waals surface area contributed by atoms with Crippen molar-refractivity contribution in [2.75, 3.05) is 0 Å². The van der Waals surface area contributed by atoms with Gasteiger partial charge in [-0.2, -0.15) is 0 Å². The molecular formula is C19H36. The lowest BCUT2D eigenvalue weighted by Crippen LogP contribution is -2.23. The highest BCUT2D eigenvalue weighted by Gasteiger charge is 2.27. The van der Waals surface area contributed by atoms with Gasteiger partial charge in [-0.1, -0.05) is 38.8 Å². The molecule has 0 aromatic heterocycles. The fourth-order valence-corrected chi connectivity index (χ4v) is 3.21. The Morgan fingerprint density at radius 3 is 1.32 bits per heavy atom. The van der Waals surface area contributed by atoms with E-state index >= 15 is 0 Å². The van der Waals surface area contributed by atoms with Crippen molar-refractivity contribution >= 4 is 0 Å². The third-order valence-corrected chi connectivity index (χ3v) is 3.87. The zero-order valence-electron chi connectivity index (χ0n) is 14.4. The molecule has 0 atom stereocenters. The number of allylic oxidation sites excluding steroid dienone is 2. The maximum Gasteiger partial charge on any atom is -0.0326 e. The van der Waals surface area contributed by atoms with E-state index in [-0.39, 0.29) is 0 Å². The molecule has 0 aromatic rings. The van der Waals surface area contributed by atoms with Crippen molar-refractivity contribution in [3.63, 3.8) is 0 Å². The lowest BCUT2D eigenvalue weighted by molar-refractivity contribution is 0.166. The number of rotatable bonds is 10. The van der Waals surface area contributed by atoms with Gasteiger partial charge >= 0.3 is 0 Å². The summed E-state index contributed by atoms with van der Waals surface area (Å²) in [4.78, 5) is 0. The summed E-state index contributed by atoms with van der Waals surface area (Å²) in [6.07, 6.45) is 8.85. The molecule has 0 heterocycles. The fraction of sp³-hybridized carbons (Fsp3) is 0.789. The van der Waals surface area contributed by atoms with Crippen LogP contribution < -0.4 is 0 Å². The van der Waals surface area contributed by atoms with Crippen LogP contribution in [0.15, 0.2) is 24.3 Å². The standard InChI is InChI=1S/C19H36/c1-16(2)11-9-13-18(5,6)15-19(7,8)14-10-12-17(3)4/h1,3,9-15H2,2,4-8H3. The van der Waals surface area contributed by atoms with Gasteiger partial charge in [0.1, 0.15) is 0 Å². The van der Waals surface area contributed by atoms with Gasteiger partial charge in [0.25, 0.3) is 0 Å². The zero-order valence-corrected chi connectivity index (χ0v) is 14.4. The molecule has 0 saturated carbocycles. The Hall–Kier alpha value is -0.520. The maximum atomic E-state index is 4.00. The molecule has 0 unspecified atom stereocenters. The van der Waals surface area contributed by atoms with E-state index in [1.54, 1.807) is 0 Å². The second kappa shape index (κ2) is 7.92. The molecular weight excluding hydrogens is 228 g/mol. The van der Waals surface area contributed by atoms with E-state index in [2.05, 4.69) is 54.7 Å². The normalized spacial score (nSPS) is 12.5. The molecule has 112 valence electrons. The molecule has 0 fully saturated rings. The average molecular weight is 264 g/mol. The topological polar surface area (TPSA) is 0 Å². The van der Waals surface area contributed by atoms with Crippen LogP contribution in [0.2, 0.25) is 0 Å². The second-order valence-corrected chi connectivity index (χ2v) is 8.13. The van der Waals surface area contributed by atoms with Crippen LogP contribution in [0.4, 0.5) is 0 Å². The predicted molar refractivity (Wildman–Crippen MR) is 89.5 cm³/mol. The van der Waals surface area contributed by atoms with Crippen LogP contribution in [0.25, 0.3) is 0 Å². The molecule has 0 spiro atoms. The van der Waals surface area contributed by atoms with Crippen molar-refractivity contribution in [3.05, 3.63) is 24.3 Å². The molecule has 0 aliphatic heterocycles. The quantitative estimate of drug-likeness (QED) is 0.376. The number of hydrogen-bond acceptors (Lipinski definition) is 0. The van der Waals surface area contributed by atoms with Crippen LogP contribution in [-0.2, 0) is 0 Å². The van der Waals surface area contributed by atoms with E-state index in [1.165, 1.54) is 56.1 Å². The van der Waals surface area contributed by atoms with Crippen molar-refractivity contribution in [3.8, 4) is 0 Å². The number of hydrogen-bond donors (Lipinski definition) is 0. The predicted octanol–water partition coefficient (Wildman–Crippen LogP) is 6.92. The highest BCUT2D eigenvalue weighted by atomic mass is 14.3. The molecule has 0 radical (unpaired) electrons. The van der Waals surface area contributed by atoms with Crippen LogP contribution in [0.1, 0.15) is 86.5 Å². The summed E-state index contributed by atoms with van der Waals surface area (Å²) in [6, 6.07) is 0. The van der Waals surface area contributed by atoms with Gasteiger partial charge in [-0.05, 0) is 69.6 Å². The van der Waals surface area contributed by atoms with Crippen LogP contribution >= 0.6 is 0 Å². The van der Waals surface area contributed by atoms with E-state index in [0.717, 1.165) is 0 Å². The molecule has 0 aliphatic carbocycles. The van der Waals surface area contributed by atoms with Crippen molar-refractivity contribution in [1.82, 2.24) is 0 Å². The average Bonchev–Trinajstić information content (AvgIpc) is 2.12. The van der Waals surface area contributed by atoms with Gasteiger partial charge in [0.2, 0.25) is 0 Å². The van der Waals surface area contributed by atoms with Gasteiger partial charge < -0.3 is 0 Å². The summed E-state index contributed by atoms with van der Waals surface area (Å²) >= 11 is 0. The van der Waals surface area contributed by atoms with Crippen LogP contribution in [0, 0.1) is 10.8 Å². The molecule has 0 aromatic carbocycles. The fourth-order valence-electron chi connectivity index (χ4n) is 3.21. The minimum absolute atomic E-state index is 0.447. The first-order valence-corrected chi connectivity index (χ1v) is 7.83. The maximum absolute atomic E-state index is 4.00. The van der Waals surface area contributed by atoms with Gasteiger partial charge in [0.05, 0.1) is 0 Å². The third-order valence-electron chi connectivity index (χ3n) is 3.87. The molecule has 19 heavy (non-hydrogen) atoms. The third kappa shape index (κ3) is 11.0. The molecule has 0 saturated heterocycles. The summed E-state index contributed by atoms with van der Waals surface area (Å²) in [5, 5.41) is 0. The highest BCUT2D eigenvalue weighted by molar-refractivity contribution is 4.90. The van der Waals surface area contributed by atoms with E-state index < -0.39 is 0 Å². The first-order chi connectivity index (χ1) is 8.54. The molecule has 0 heteroatoms. The summed E-state index contributed by atoms with van der Waals surface area (Å²) in [6.45, 7) is 22.0. The Balaban J connectivity index is 4.13. The summed E-state index contributed by atoms with van der Waals surface area (Å²) < 4.78 is 0. The Bertz CT molecular complexity index is 261. The lowest BCUT2D eigenvalue weighted by Gasteiger charge is -2.35. The van der Waals surface area contributed by atoms with E-state index in [0.29, 0.717) is 10.8 Å². The molecule has 0 bridgehead atoms. The van der Waals surface area contributed by atoms with Gasteiger partial charge in [-0.3, -0.25) is 0 Å². The molecule has 0 amide bonds. The Kier molecular flexibility index (Phi) is 7.71. The van der Waals surface area contributed by atoms with Crippen LogP contribution in [0.3, 0.4) is 0 Å². The first kappa shape index (κ1) is 18.5. The highest BCUT2D eigenvalue weighted by Crippen LogP contribution is 2.40. The van der Waals surface area contributed by atoms with Crippen molar-refractivity contribution in [1.29, 1.82) is 0 Å². The van der Waals surface area contributed by atoms with Crippen molar-refractivity contribution in [2.24, 2.45) is 10.8 Å². The minimum atomic E-state index is 0.447.